The highest BCUT2D eigenvalue weighted by Crippen LogP contribution is 2.50. The highest BCUT2D eigenvalue weighted by atomic mass is 32.1. The van der Waals surface area contributed by atoms with E-state index in [9.17, 15) is 0 Å². The number of rotatable bonds is 3. The standard InChI is InChI=1S/C40H24S2/c1-3-12-25(13-4-1)33-24-41-40-31(33)22-23-35-39(40)38-32(20-11-21-34(38)42-35)37-29-18-9-7-16-27(29)36(26-14-5-2-6-15-26)28-17-8-10-19-30(28)37/h1-24H. The summed E-state index contributed by atoms with van der Waals surface area (Å²) in [5.74, 6) is 0. The molecule has 0 aliphatic rings. The van der Waals surface area contributed by atoms with E-state index in [0.29, 0.717) is 0 Å². The maximum absolute atomic E-state index is 2.34. The van der Waals surface area contributed by atoms with Crippen molar-refractivity contribution in [2.24, 2.45) is 0 Å². The van der Waals surface area contributed by atoms with E-state index in [1.54, 1.807) is 0 Å². The Kier molecular flexibility index (Phi) is 5.34. The van der Waals surface area contributed by atoms with Gasteiger partial charge in [0.25, 0.3) is 0 Å². The summed E-state index contributed by atoms with van der Waals surface area (Å²) in [7, 11) is 0. The van der Waals surface area contributed by atoms with Crippen molar-refractivity contribution >= 4 is 74.5 Å². The van der Waals surface area contributed by atoms with Gasteiger partial charge in [-0.2, -0.15) is 0 Å². The van der Waals surface area contributed by atoms with E-state index in [2.05, 4.69) is 145 Å². The number of thiophene rings is 2. The van der Waals surface area contributed by atoms with Crippen molar-refractivity contribution in [3.8, 4) is 33.4 Å². The molecule has 0 aliphatic carbocycles. The van der Waals surface area contributed by atoms with Crippen molar-refractivity contribution in [1.82, 2.24) is 0 Å². The maximum atomic E-state index is 2.34. The zero-order valence-corrected chi connectivity index (χ0v) is 24.3. The Morgan fingerprint density at radius 1 is 0.357 bits per heavy atom. The first-order valence-electron chi connectivity index (χ1n) is 14.3. The summed E-state index contributed by atoms with van der Waals surface area (Å²) in [5.41, 5.74) is 7.79. The molecule has 0 bridgehead atoms. The number of hydrogen-bond donors (Lipinski definition) is 0. The predicted molar refractivity (Wildman–Crippen MR) is 186 cm³/mol. The minimum atomic E-state index is 1.25. The fraction of sp³-hybridized carbons (Fsp3) is 0. The van der Waals surface area contributed by atoms with E-state index in [1.807, 2.05) is 22.7 Å². The second kappa shape index (κ2) is 9.39. The van der Waals surface area contributed by atoms with Crippen LogP contribution >= 0.6 is 22.7 Å². The average molecular weight is 569 g/mol. The molecular formula is C40H24S2. The van der Waals surface area contributed by atoms with Crippen LogP contribution in [-0.2, 0) is 0 Å². The number of benzene rings is 7. The molecule has 9 aromatic rings. The molecule has 0 saturated carbocycles. The van der Waals surface area contributed by atoms with Gasteiger partial charge in [0.05, 0.1) is 0 Å². The molecule has 0 atom stereocenters. The monoisotopic (exact) mass is 568 g/mol. The van der Waals surface area contributed by atoms with Crippen LogP contribution in [0.4, 0.5) is 0 Å². The molecular weight excluding hydrogens is 545 g/mol. The lowest BCUT2D eigenvalue weighted by molar-refractivity contribution is 1.67. The summed E-state index contributed by atoms with van der Waals surface area (Å²) in [5, 5.41) is 11.6. The third-order valence-corrected chi connectivity index (χ3v) is 10.7. The maximum Gasteiger partial charge on any atom is 0.0442 e. The average Bonchev–Trinajstić information content (AvgIpc) is 3.66. The SMILES string of the molecule is c1ccc(-c2c3ccccc3c(-c3cccc4sc5ccc6c(-c7ccccc7)csc6c5c34)c3ccccc23)cc1. The molecule has 2 heterocycles. The van der Waals surface area contributed by atoms with Crippen LogP contribution in [-0.4, -0.2) is 0 Å². The van der Waals surface area contributed by atoms with Gasteiger partial charge in [-0.15, -0.1) is 22.7 Å². The Morgan fingerprint density at radius 3 is 1.60 bits per heavy atom. The minimum absolute atomic E-state index is 1.25. The first-order valence-corrected chi connectivity index (χ1v) is 16.0. The molecule has 0 unspecified atom stereocenters. The van der Waals surface area contributed by atoms with Gasteiger partial charge in [-0.05, 0) is 66.9 Å². The van der Waals surface area contributed by atoms with Crippen molar-refractivity contribution in [3.63, 3.8) is 0 Å². The molecule has 2 aromatic heterocycles. The molecule has 0 fully saturated rings. The van der Waals surface area contributed by atoms with E-state index in [-0.39, 0.29) is 0 Å². The van der Waals surface area contributed by atoms with Crippen LogP contribution in [0.3, 0.4) is 0 Å². The van der Waals surface area contributed by atoms with Crippen LogP contribution in [0.15, 0.2) is 145 Å². The predicted octanol–water partition coefficient (Wildman–Crippen LogP) is 12.6. The molecule has 2 heteroatoms. The van der Waals surface area contributed by atoms with Crippen LogP contribution in [0.2, 0.25) is 0 Å². The Labute approximate surface area is 251 Å². The summed E-state index contributed by atoms with van der Waals surface area (Å²) >= 11 is 3.78. The minimum Gasteiger partial charge on any atom is -0.142 e. The van der Waals surface area contributed by atoms with Gasteiger partial charge in [0.2, 0.25) is 0 Å². The lowest BCUT2D eigenvalue weighted by Gasteiger charge is -2.18. The highest BCUT2D eigenvalue weighted by Gasteiger charge is 2.21. The summed E-state index contributed by atoms with van der Waals surface area (Å²) in [6.07, 6.45) is 0. The molecule has 0 aliphatic heterocycles. The summed E-state index contributed by atoms with van der Waals surface area (Å²) < 4.78 is 4.06. The van der Waals surface area contributed by atoms with E-state index in [0.717, 1.165) is 0 Å². The number of fused-ring (bicyclic) bond motifs is 7. The first-order chi connectivity index (χ1) is 20.9. The number of hydrogen-bond acceptors (Lipinski definition) is 2. The molecule has 0 radical (unpaired) electrons. The van der Waals surface area contributed by atoms with Crippen molar-refractivity contribution < 1.29 is 0 Å². The first kappa shape index (κ1) is 23.9. The van der Waals surface area contributed by atoms with Gasteiger partial charge >= 0.3 is 0 Å². The van der Waals surface area contributed by atoms with Crippen molar-refractivity contribution in [2.75, 3.05) is 0 Å². The van der Waals surface area contributed by atoms with Gasteiger partial charge in [-0.1, -0.05) is 127 Å². The van der Waals surface area contributed by atoms with Crippen LogP contribution in [0.5, 0.6) is 0 Å². The molecule has 9 rings (SSSR count). The van der Waals surface area contributed by atoms with Crippen molar-refractivity contribution in [3.05, 3.63) is 145 Å². The molecule has 0 nitrogen and oxygen atoms in total. The Balaban J connectivity index is 1.43. The molecule has 196 valence electrons. The quantitative estimate of drug-likeness (QED) is 0.186. The van der Waals surface area contributed by atoms with Crippen molar-refractivity contribution in [1.29, 1.82) is 0 Å². The van der Waals surface area contributed by atoms with Gasteiger partial charge in [0, 0.05) is 35.8 Å². The van der Waals surface area contributed by atoms with E-state index >= 15 is 0 Å². The van der Waals surface area contributed by atoms with Crippen LogP contribution in [0.1, 0.15) is 0 Å². The second-order valence-corrected chi connectivity index (χ2v) is 12.8. The molecule has 7 aromatic carbocycles. The zero-order valence-electron chi connectivity index (χ0n) is 22.7. The molecule has 0 amide bonds. The molecule has 0 saturated heterocycles. The molecule has 0 spiro atoms. The summed E-state index contributed by atoms with van der Waals surface area (Å²) in [4.78, 5) is 0. The Bertz CT molecular complexity index is 2390. The second-order valence-electron chi connectivity index (χ2n) is 10.8. The third-order valence-electron chi connectivity index (χ3n) is 8.55. The summed E-state index contributed by atoms with van der Waals surface area (Å²) in [6, 6.07) is 51.1. The fourth-order valence-electron chi connectivity index (χ4n) is 6.78. The molecule has 42 heavy (non-hydrogen) atoms. The Morgan fingerprint density at radius 2 is 0.929 bits per heavy atom. The zero-order chi connectivity index (χ0) is 27.6. The third kappa shape index (κ3) is 3.46. The topological polar surface area (TPSA) is 0 Å². The van der Waals surface area contributed by atoms with Gasteiger partial charge in [0.15, 0.2) is 0 Å². The van der Waals surface area contributed by atoms with E-state index < -0.39 is 0 Å². The smallest absolute Gasteiger partial charge is 0.0442 e. The summed E-state index contributed by atoms with van der Waals surface area (Å²) in [6.45, 7) is 0. The normalized spacial score (nSPS) is 11.8. The molecule has 0 N–H and O–H groups in total. The van der Waals surface area contributed by atoms with Crippen LogP contribution < -0.4 is 0 Å². The largest absolute Gasteiger partial charge is 0.142 e. The Hall–Kier alpha value is -4.76. The lowest BCUT2D eigenvalue weighted by Crippen LogP contribution is -1.91. The van der Waals surface area contributed by atoms with Crippen LogP contribution in [0.25, 0.3) is 85.2 Å². The van der Waals surface area contributed by atoms with Gasteiger partial charge in [-0.25, -0.2) is 0 Å². The van der Waals surface area contributed by atoms with Gasteiger partial charge in [0.1, 0.15) is 0 Å². The van der Waals surface area contributed by atoms with Gasteiger partial charge < -0.3 is 0 Å². The van der Waals surface area contributed by atoms with E-state index in [1.165, 1.54) is 85.2 Å². The lowest BCUT2D eigenvalue weighted by atomic mass is 9.85. The van der Waals surface area contributed by atoms with Gasteiger partial charge in [-0.3, -0.25) is 0 Å². The van der Waals surface area contributed by atoms with E-state index in [4.69, 9.17) is 0 Å². The van der Waals surface area contributed by atoms with Crippen LogP contribution in [0, 0.1) is 0 Å². The van der Waals surface area contributed by atoms with Crippen molar-refractivity contribution in [2.45, 2.75) is 0 Å². The fourth-order valence-corrected chi connectivity index (χ4v) is 9.12. The highest BCUT2D eigenvalue weighted by molar-refractivity contribution is 7.27.